The third-order valence-corrected chi connectivity index (χ3v) is 3.68. The van der Waals surface area contributed by atoms with Gasteiger partial charge in [-0.2, -0.15) is 0 Å². The van der Waals surface area contributed by atoms with E-state index in [9.17, 15) is 4.79 Å². The number of carbonyl (C=O) groups excluding carboxylic acids is 1. The molecule has 1 rings (SSSR count). The first-order valence-corrected chi connectivity index (χ1v) is 7.47. The average Bonchev–Trinajstić information content (AvgIpc) is 2.46. The highest BCUT2D eigenvalue weighted by atomic mass is 79.9. The fraction of sp³-hybridized carbons (Fsp3) is 0.571. The Bertz CT molecular complexity index is 454. The number of hydrogen-bond acceptors (Lipinski definition) is 4. The van der Waals surface area contributed by atoms with Gasteiger partial charge in [0.2, 0.25) is 0 Å². The molecule has 0 saturated carbocycles. The predicted octanol–water partition coefficient (Wildman–Crippen LogP) is 2.77. The van der Waals surface area contributed by atoms with E-state index in [1.165, 1.54) is 0 Å². The molecule has 1 amide bonds. The van der Waals surface area contributed by atoms with Gasteiger partial charge in [0.1, 0.15) is 5.82 Å². The highest BCUT2D eigenvalue weighted by Crippen LogP contribution is 2.21. The molecule has 1 unspecified atom stereocenters. The molecule has 5 nitrogen and oxygen atoms in total. The van der Waals surface area contributed by atoms with Crippen LogP contribution in [-0.2, 0) is 4.74 Å². The van der Waals surface area contributed by atoms with Crippen molar-refractivity contribution in [1.29, 1.82) is 0 Å². The van der Waals surface area contributed by atoms with Gasteiger partial charge in [-0.05, 0) is 35.3 Å². The van der Waals surface area contributed by atoms with Crippen LogP contribution in [0.2, 0.25) is 0 Å². The van der Waals surface area contributed by atoms with Crippen molar-refractivity contribution in [2.45, 2.75) is 26.3 Å². The van der Waals surface area contributed by atoms with Gasteiger partial charge in [-0.15, -0.1) is 0 Å². The van der Waals surface area contributed by atoms with Gasteiger partial charge >= 0.3 is 0 Å². The Balaban J connectivity index is 3.07. The minimum Gasteiger partial charge on any atom is -0.383 e. The number of methoxy groups -OCH3 is 1. The van der Waals surface area contributed by atoms with Crippen molar-refractivity contribution in [3.8, 4) is 0 Å². The lowest BCUT2D eigenvalue weighted by Gasteiger charge is -2.29. The lowest BCUT2D eigenvalue weighted by atomic mass is 10.1. The first-order valence-electron chi connectivity index (χ1n) is 6.68. The van der Waals surface area contributed by atoms with Gasteiger partial charge < -0.3 is 15.0 Å². The summed E-state index contributed by atoms with van der Waals surface area (Å²) in [6, 6.07) is 1.95. The molecule has 20 heavy (non-hydrogen) atoms. The van der Waals surface area contributed by atoms with E-state index < -0.39 is 0 Å². The molecule has 0 saturated heterocycles. The fourth-order valence-corrected chi connectivity index (χ4v) is 2.22. The van der Waals surface area contributed by atoms with Gasteiger partial charge in [-0.1, -0.05) is 6.92 Å². The minimum atomic E-state index is -0.0328. The van der Waals surface area contributed by atoms with Crippen molar-refractivity contribution >= 4 is 27.7 Å². The van der Waals surface area contributed by atoms with Gasteiger partial charge in [0.15, 0.2) is 0 Å². The number of nitrogens with zero attached hydrogens (tertiary/aromatic N) is 2. The molecule has 0 radical (unpaired) electrons. The van der Waals surface area contributed by atoms with E-state index in [1.54, 1.807) is 26.4 Å². The van der Waals surface area contributed by atoms with Crippen molar-refractivity contribution in [3.05, 3.63) is 22.3 Å². The summed E-state index contributed by atoms with van der Waals surface area (Å²) in [5.74, 6) is 0.554. The number of pyridine rings is 1. The first kappa shape index (κ1) is 16.9. The molecule has 1 heterocycles. The molecule has 0 aliphatic heterocycles. The number of halogens is 1. The lowest BCUT2D eigenvalue weighted by molar-refractivity contribution is 0.0614. The molecule has 0 aliphatic rings. The predicted molar refractivity (Wildman–Crippen MR) is 84.1 cm³/mol. The molecule has 112 valence electrons. The summed E-state index contributed by atoms with van der Waals surface area (Å²) in [5, 5.41) is 2.96. The Morgan fingerprint density at radius 1 is 1.60 bits per heavy atom. The number of aromatic nitrogens is 1. The summed E-state index contributed by atoms with van der Waals surface area (Å²) in [6.07, 6.45) is 2.57. The molecule has 1 aromatic rings. The smallest absolute Gasteiger partial charge is 0.257 e. The maximum Gasteiger partial charge on any atom is 0.257 e. The molecule has 0 spiro atoms. The molecular weight excluding hydrogens is 322 g/mol. The first-order chi connectivity index (χ1) is 9.54. The van der Waals surface area contributed by atoms with Gasteiger partial charge in [0.25, 0.3) is 5.91 Å². The normalized spacial score (nSPS) is 12.1. The standard InChI is InChI=1S/C14H22BrN3O2/c1-5-10(2)18(6-7-20-4)14(19)12-8-11(15)9-17-13(12)16-3/h8-10H,5-7H2,1-4H3,(H,16,17). The number of hydrogen-bond donors (Lipinski definition) is 1. The summed E-state index contributed by atoms with van der Waals surface area (Å²) < 4.78 is 5.89. The summed E-state index contributed by atoms with van der Waals surface area (Å²) in [6.45, 7) is 5.19. The van der Waals surface area contributed by atoms with Gasteiger partial charge in [0.05, 0.1) is 12.2 Å². The van der Waals surface area contributed by atoms with Crippen LogP contribution in [0.5, 0.6) is 0 Å². The molecule has 1 atom stereocenters. The van der Waals surface area contributed by atoms with Crippen molar-refractivity contribution in [3.63, 3.8) is 0 Å². The highest BCUT2D eigenvalue weighted by molar-refractivity contribution is 9.10. The van der Waals surface area contributed by atoms with Crippen LogP contribution in [-0.4, -0.2) is 49.1 Å². The zero-order valence-electron chi connectivity index (χ0n) is 12.4. The van der Waals surface area contributed by atoms with Gasteiger partial charge in [-0.3, -0.25) is 4.79 Å². The SMILES string of the molecule is CCC(C)N(CCOC)C(=O)c1cc(Br)cnc1NC. The van der Waals surface area contributed by atoms with E-state index in [1.807, 2.05) is 11.8 Å². The number of ether oxygens (including phenoxy) is 1. The molecule has 0 aliphatic carbocycles. The molecular formula is C14H22BrN3O2. The second-order valence-corrected chi connectivity index (χ2v) is 5.46. The number of carbonyl (C=O) groups is 1. The van der Waals surface area contributed by atoms with Gasteiger partial charge in [-0.25, -0.2) is 4.98 Å². The van der Waals surface area contributed by atoms with E-state index in [4.69, 9.17) is 4.74 Å². The maximum absolute atomic E-state index is 12.8. The maximum atomic E-state index is 12.8. The second kappa shape index (κ2) is 8.21. The van der Waals surface area contributed by atoms with Crippen LogP contribution in [0.3, 0.4) is 0 Å². The van der Waals surface area contributed by atoms with Crippen LogP contribution < -0.4 is 5.32 Å². The molecule has 6 heteroatoms. The lowest BCUT2D eigenvalue weighted by Crippen LogP contribution is -2.40. The third kappa shape index (κ3) is 4.18. The Hall–Kier alpha value is -1.14. The fourth-order valence-electron chi connectivity index (χ4n) is 1.89. The molecule has 0 aromatic carbocycles. The minimum absolute atomic E-state index is 0.0328. The van der Waals surface area contributed by atoms with Crippen molar-refractivity contribution in [1.82, 2.24) is 9.88 Å². The Labute approximate surface area is 128 Å². The van der Waals surface area contributed by atoms with Crippen molar-refractivity contribution in [2.24, 2.45) is 0 Å². The van der Waals surface area contributed by atoms with Crippen molar-refractivity contribution in [2.75, 3.05) is 32.6 Å². The summed E-state index contributed by atoms with van der Waals surface area (Å²) in [7, 11) is 3.40. The number of amides is 1. The highest BCUT2D eigenvalue weighted by Gasteiger charge is 2.23. The van der Waals surface area contributed by atoms with Crippen LogP contribution in [0.25, 0.3) is 0 Å². The summed E-state index contributed by atoms with van der Waals surface area (Å²) in [5.41, 5.74) is 0.568. The molecule has 1 aromatic heterocycles. The number of nitrogens with one attached hydrogen (secondary N) is 1. The van der Waals surface area contributed by atoms with E-state index in [2.05, 4.69) is 33.2 Å². The van der Waals surface area contributed by atoms with Crippen LogP contribution in [0, 0.1) is 0 Å². The zero-order chi connectivity index (χ0) is 15.1. The Kier molecular flexibility index (Phi) is 6.95. The average molecular weight is 344 g/mol. The monoisotopic (exact) mass is 343 g/mol. The van der Waals surface area contributed by atoms with E-state index in [-0.39, 0.29) is 11.9 Å². The van der Waals surface area contributed by atoms with Crippen LogP contribution >= 0.6 is 15.9 Å². The van der Waals surface area contributed by atoms with Crippen LogP contribution in [0.1, 0.15) is 30.6 Å². The van der Waals surface area contributed by atoms with Crippen LogP contribution in [0.15, 0.2) is 16.7 Å². The third-order valence-electron chi connectivity index (χ3n) is 3.24. The number of anilines is 1. The largest absolute Gasteiger partial charge is 0.383 e. The Morgan fingerprint density at radius 2 is 2.30 bits per heavy atom. The van der Waals surface area contributed by atoms with Crippen LogP contribution in [0.4, 0.5) is 5.82 Å². The molecule has 0 bridgehead atoms. The van der Waals surface area contributed by atoms with Gasteiger partial charge in [0, 0.05) is 37.4 Å². The van der Waals surface area contributed by atoms with Crippen molar-refractivity contribution < 1.29 is 9.53 Å². The molecule has 0 fully saturated rings. The van der Waals surface area contributed by atoms with E-state index in [0.29, 0.717) is 24.5 Å². The Morgan fingerprint density at radius 3 is 2.85 bits per heavy atom. The summed E-state index contributed by atoms with van der Waals surface area (Å²) in [4.78, 5) is 18.8. The zero-order valence-corrected chi connectivity index (χ0v) is 14.0. The second-order valence-electron chi connectivity index (χ2n) is 4.55. The van der Waals surface area contributed by atoms with E-state index >= 15 is 0 Å². The quantitative estimate of drug-likeness (QED) is 0.826. The summed E-state index contributed by atoms with van der Waals surface area (Å²) >= 11 is 3.36. The molecule has 1 N–H and O–H groups in total. The number of rotatable bonds is 7. The van der Waals surface area contributed by atoms with E-state index in [0.717, 1.165) is 10.9 Å². The topological polar surface area (TPSA) is 54.5 Å².